The van der Waals surface area contributed by atoms with Gasteiger partial charge in [0.1, 0.15) is 5.82 Å². The van der Waals surface area contributed by atoms with E-state index in [0.717, 1.165) is 42.9 Å². The molecule has 1 fully saturated rings. The van der Waals surface area contributed by atoms with E-state index in [1.54, 1.807) is 6.07 Å². The molecule has 1 aliphatic rings. The number of aromatic nitrogens is 2. The number of carbonyl (C=O) groups is 1. The summed E-state index contributed by atoms with van der Waals surface area (Å²) in [6.07, 6.45) is 2.12. The van der Waals surface area contributed by atoms with E-state index in [1.165, 1.54) is 0 Å². The highest BCUT2D eigenvalue weighted by molar-refractivity contribution is 5.89. The summed E-state index contributed by atoms with van der Waals surface area (Å²) in [6, 6.07) is 9.37. The molecule has 3 rings (SSSR count). The lowest BCUT2D eigenvalue weighted by Gasteiger charge is -2.11. The highest BCUT2D eigenvalue weighted by atomic mass is 16.2. The Bertz CT molecular complexity index is 772. The van der Waals surface area contributed by atoms with Gasteiger partial charge in [0, 0.05) is 43.0 Å². The second kappa shape index (κ2) is 8.79. The molecule has 0 bridgehead atoms. The van der Waals surface area contributed by atoms with Crippen LogP contribution < -0.4 is 21.7 Å². The maximum atomic E-state index is 11.8. The maximum Gasteiger partial charge on any atom is 0.319 e. The lowest BCUT2D eigenvalue weighted by Crippen LogP contribution is -2.30. The second-order valence-corrected chi connectivity index (χ2v) is 7.04. The molecule has 0 radical (unpaired) electrons. The Hall–Kier alpha value is -2.71. The molecule has 2 amide bonds. The van der Waals surface area contributed by atoms with Crippen LogP contribution in [0.25, 0.3) is 11.4 Å². The van der Waals surface area contributed by atoms with E-state index in [9.17, 15) is 4.79 Å². The fourth-order valence-corrected chi connectivity index (χ4v) is 2.54. The molecule has 8 nitrogen and oxygen atoms in total. The van der Waals surface area contributed by atoms with Crippen molar-refractivity contribution in [3.05, 3.63) is 36.0 Å². The van der Waals surface area contributed by atoms with Crippen molar-refractivity contribution in [1.82, 2.24) is 25.5 Å². The molecule has 0 saturated heterocycles. The first kappa shape index (κ1) is 19.1. The van der Waals surface area contributed by atoms with E-state index < -0.39 is 0 Å². The van der Waals surface area contributed by atoms with Gasteiger partial charge in [0.25, 0.3) is 0 Å². The lowest BCUT2D eigenvalue weighted by molar-refractivity contribution is 0.251. The first-order valence-electron chi connectivity index (χ1n) is 9.16. The summed E-state index contributed by atoms with van der Waals surface area (Å²) in [6.45, 7) is 2.46. The molecular weight excluding hydrogens is 342 g/mol. The first-order chi connectivity index (χ1) is 13.0. The van der Waals surface area contributed by atoms with E-state index in [0.29, 0.717) is 24.2 Å². The second-order valence-electron chi connectivity index (χ2n) is 7.04. The standard InChI is InChI=1S/C19H27N7O/c1-26(2)10-9-21-12-16-11-17(20)25-18(22-16)13-3-5-14(6-4-13)23-19(27)24-15-7-8-15/h3-6,11,15,21H,7-10,12H2,1-2H3,(H2,20,22,25)(H2,23,24,27). The number of carbonyl (C=O) groups excluding carboxylic acids is 1. The third-order valence-electron chi connectivity index (χ3n) is 4.15. The quantitative estimate of drug-likeness (QED) is 0.527. The fourth-order valence-electron chi connectivity index (χ4n) is 2.54. The average Bonchev–Trinajstić information content (AvgIpc) is 3.42. The van der Waals surface area contributed by atoms with Crippen molar-refractivity contribution in [2.45, 2.75) is 25.4 Å². The minimum Gasteiger partial charge on any atom is -0.384 e. The summed E-state index contributed by atoms with van der Waals surface area (Å²) in [5.74, 6) is 1.02. The zero-order valence-corrected chi connectivity index (χ0v) is 15.8. The van der Waals surface area contributed by atoms with Crippen molar-refractivity contribution in [2.24, 2.45) is 0 Å². The number of anilines is 2. The molecule has 27 heavy (non-hydrogen) atoms. The van der Waals surface area contributed by atoms with Gasteiger partial charge in [0.15, 0.2) is 5.82 Å². The molecule has 1 heterocycles. The molecule has 2 aromatic rings. The summed E-state index contributed by atoms with van der Waals surface area (Å²) in [5, 5.41) is 9.07. The van der Waals surface area contributed by atoms with Gasteiger partial charge in [0.05, 0.1) is 5.69 Å². The van der Waals surface area contributed by atoms with E-state index in [1.807, 2.05) is 38.4 Å². The number of nitrogens with two attached hydrogens (primary N) is 1. The Morgan fingerprint density at radius 1 is 1.22 bits per heavy atom. The van der Waals surface area contributed by atoms with Crippen LogP contribution in [0.3, 0.4) is 0 Å². The molecule has 1 aliphatic carbocycles. The predicted molar refractivity (Wildman–Crippen MR) is 107 cm³/mol. The molecule has 5 N–H and O–H groups in total. The summed E-state index contributed by atoms with van der Waals surface area (Å²) >= 11 is 0. The van der Waals surface area contributed by atoms with Crippen LogP contribution in [0.2, 0.25) is 0 Å². The van der Waals surface area contributed by atoms with Crippen LogP contribution in [0.15, 0.2) is 30.3 Å². The monoisotopic (exact) mass is 369 g/mol. The Morgan fingerprint density at radius 2 is 1.96 bits per heavy atom. The van der Waals surface area contributed by atoms with Crippen molar-refractivity contribution in [3.63, 3.8) is 0 Å². The van der Waals surface area contributed by atoms with Gasteiger partial charge in [-0.25, -0.2) is 14.8 Å². The number of nitrogen functional groups attached to an aromatic ring is 1. The number of rotatable bonds is 8. The van der Waals surface area contributed by atoms with Gasteiger partial charge in [-0.2, -0.15) is 0 Å². The van der Waals surface area contributed by atoms with Gasteiger partial charge in [0.2, 0.25) is 0 Å². The zero-order valence-electron chi connectivity index (χ0n) is 15.8. The largest absolute Gasteiger partial charge is 0.384 e. The third kappa shape index (κ3) is 6.19. The van der Waals surface area contributed by atoms with Gasteiger partial charge in [-0.15, -0.1) is 0 Å². The van der Waals surface area contributed by atoms with Gasteiger partial charge in [-0.05, 0) is 51.2 Å². The maximum absolute atomic E-state index is 11.8. The molecule has 144 valence electrons. The molecule has 0 aliphatic heterocycles. The molecule has 1 saturated carbocycles. The molecule has 8 heteroatoms. The van der Waals surface area contributed by atoms with Crippen LogP contribution in [0, 0.1) is 0 Å². The minimum absolute atomic E-state index is 0.170. The average molecular weight is 369 g/mol. The first-order valence-corrected chi connectivity index (χ1v) is 9.16. The number of hydrogen-bond acceptors (Lipinski definition) is 6. The van der Waals surface area contributed by atoms with Gasteiger partial charge in [-0.3, -0.25) is 0 Å². The Kier molecular flexibility index (Phi) is 6.20. The number of amides is 2. The van der Waals surface area contributed by atoms with E-state index in [4.69, 9.17) is 5.73 Å². The van der Waals surface area contributed by atoms with Gasteiger partial charge < -0.3 is 26.6 Å². The number of likely N-dealkylation sites (N-methyl/N-ethyl adjacent to an activating group) is 1. The SMILES string of the molecule is CN(C)CCNCc1cc(N)nc(-c2ccc(NC(=O)NC3CC3)cc2)n1. The Morgan fingerprint density at radius 3 is 2.63 bits per heavy atom. The van der Waals surface area contributed by atoms with Crippen LogP contribution in [0.5, 0.6) is 0 Å². The van der Waals surface area contributed by atoms with Crippen molar-refractivity contribution >= 4 is 17.5 Å². The topological polar surface area (TPSA) is 108 Å². The van der Waals surface area contributed by atoms with Crippen molar-refractivity contribution < 1.29 is 4.79 Å². The predicted octanol–water partition coefficient (Wildman–Crippen LogP) is 1.66. The zero-order chi connectivity index (χ0) is 19.2. The third-order valence-corrected chi connectivity index (χ3v) is 4.15. The van der Waals surface area contributed by atoms with Gasteiger partial charge >= 0.3 is 6.03 Å². The summed E-state index contributed by atoms with van der Waals surface area (Å²) in [5.41, 5.74) is 8.37. The highest BCUT2D eigenvalue weighted by Crippen LogP contribution is 2.21. The highest BCUT2D eigenvalue weighted by Gasteiger charge is 2.23. The number of hydrogen-bond donors (Lipinski definition) is 4. The molecule has 0 spiro atoms. The summed E-state index contributed by atoms with van der Waals surface area (Å²) < 4.78 is 0. The number of nitrogens with zero attached hydrogens (tertiary/aromatic N) is 3. The number of nitrogens with one attached hydrogen (secondary N) is 3. The lowest BCUT2D eigenvalue weighted by atomic mass is 10.2. The number of urea groups is 1. The van der Waals surface area contributed by atoms with Gasteiger partial charge in [-0.1, -0.05) is 0 Å². The Labute approximate surface area is 159 Å². The van der Waals surface area contributed by atoms with Crippen molar-refractivity contribution in [2.75, 3.05) is 38.2 Å². The van der Waals surface area contributed by atoms with Crippen LogP contribution in [-0.4, -0.2) is 54.1 Å². The Balaban J connectivity index is 1.61. The van der Waals surface area contributed by atoms with Crippen LogP contribution in [-0.2, 0) is 6.54 Å². The van der Waals surface area contributed by atoms with E-state index in [-0.39, 0.29) is 6.03 Å². The summed E-state index contributed by atoms with van der Waals surface area (Å²) in [4.78, 5) is 22.8. The van der Waals surface area contributed by atoms with E-state index >= 15 is 0 Å². The summed E-state index contributed by atoms with van der Waals surface area (Å²) in [7, 11) is 4.08. The minimum atomic E-state index is -0.170. The van der Waals surface area contributed by atoms with Crippen molar-refractivity contribution in [1.29, 1.82) is 0 Å². The normalized spacial score (nSPS) is 13.6. The molecule has 1 aromatic carbocycles. The van der Waals surface area contributed by atoms with Crippen molar-refractivity contribution in [3.8, 4) is 11.4 Å². The van der Waals surface area contributed by atoms with Crippen LogP contribution >= 0.6 is 0 Å². The van der Waals surface area contributed by atoms with Crippen LogP contribution in [0.1, 0.15) is 18.5 Å². The molecule has 0 unspecified atom stereocenters. The molecular formula is C19H27N7O. The molecule has 1 aromatic heterocycles. The molecule has 0 atom stereocenters. The smallest absolute Gasteiger partial charge is 0.319 e. The number of benzene rings is 1. The fraction of sp³-hybridized carbons (Fsp3) is 0.421. The van der Waals surface area contributed by atoms with E-state index in [2.05, 4.69) is 30.8 Å². The van der Waals surface area contributed by atoms with Crippen LogP contribution in [0.4, 0.5) is 16.3 Å².